The van der Waals surface area contributed by atoms with Crippen LogP contribution in [0, 0.1) is 0 Å². The third kappa shape index (κ3) is 4.58. The van der Waals surface area contributed by atoms with Gasteiger partial charge in [0.25, 0.3) is 5.91 Å². The first kappa shape index (κ1) is 18.6. The zero-order valence-corrected chi connectivity index (χ0v) is 15.8. The fourth-order valence-corrected chi connectivity index (χ4v) is 3.55. The smallest absolute Gasteiger partial charge is 0.307 e. The molecule has 4 rings (SSSR count). The van der Waals surface area contributed by atoms with Crippen molar-refractivity contribution in [3.8, 4) is 5.69 Å². The Bertz CT molecular complexity index is 1120. The highest BCUT2D eigenvalue weighted by atomic mass is 32.2. The van der Waals surface area contributed by atoms with Crippen LogP contribution in [0.15, 0.2) is 71.1 Å². The van der Waals surface area contributed by atoms with Crippen LogP contribution in [0.1, 0.15) is 11.1 Å². The van der Waals surface area contributed by atoms with Gasteiger partial charge in [-0.05, 0) is 53.2 Å². The Hall–Kier alpha value is -3.72. The molecule has 0 spiro atoms. The molecule has 0 aliphatic carbocycles. The van der Waals surface area contributed by atoms with E-state index in [2.05, 4.69) is 20.4 Å². The van der Waals surface area contributed by atoms with Crippen molar-refractivity contribution in [1.29, 1.82) is 0 Å². The van der Waals surface area contributed by atoms with Gasteiger partial charge in [-0.3, -0.25) is 9.59 Å². The summed E-state index contributed by atoms with van der Waals surface area (Å²) in [5, 5.41) is 16.1. The number of carbonyl (C=O) groups is 2. The van der Waals surface area contributed by atoms with E-state index in [1.54, 1.807) is 41.4 Å². The molecule has 2 aromatic carbocycles. The number of benzene rings is 2. The molecule has 9 heteroatoms. The highest BCUT2D eigenvalue weighted by Gasteiger charge is 2.23. The molecule has 0 radical (unpaired) electrons. The maximum Gasteiger partial charge on any atom is 0.307 e. The number of carbonyl (C=O) groups excluding carboxylic acids is 1. The second kappa shape index (κ2) is 8.11. The lowest BCUT2D eigenvalue weighted by atomic mass is 10.1. The van der Waals surface area contributed by atoms with Gasteiger partial charge in [-0.15, -0.1) is 0 Å². The van der Waals surface area contributed by atoms with Crippen molar-refractivity contribution in [1.82, 2.24) is 20.1 Å². The number of aliphatic carboxylic acids is 1. The van der Waals surface area contributed by atoms with Crippen LogP contribution in [0.25, 0.3) is 11.8 Å². The van der Waals surface area contributed by atoms with Gasteiger partial charge in [0.05, 0.1) is 22.7 Å². The summed E-state index contributed by atoms with van der Waals surface area (Å²) < 4.78 is 1.64. The number of aliphatic imine (C=N–C) groups is 1. The van der Waals surface area contributed by atoms with Gasteiger partial charge in [0.15, 0.2) is 5.17 Å². The number of thioether (sulfide) groups is 1. The molecule has 0 atom stereocenters. The zero-order valence-electron chi connectivity index (χ0n) is 15.0. The molecule has 144 valence electrons. The molecule has 1 fully saturated rings. The van der Waals surface area contributed by atoms with E-state index in [9.17, 15) is 9.59 Å². The third-order valence-electron chi connectivity index (χ3n) is 4.02. The van der Waals surface area contributed by atoms with Gasteiger partial charge < -0.3 is 10.4 Å². The number of hydrogen-bond acceptors (Lipinski definition) is 6. The third-order valence-corrected chi connectivity index (χ3v) is 4.93. The maximum atomic E-state index is 12.3. The Labute approximate surface area is 170 Å². The lowest BCUT2D eigenvalue weighted by Crippen LogP contribution is -2.19. The number of nitrogens with one attached hydrogen (secondary N) is 1. The minimum Gasteiger partial charge on any atom is -0.481 e. The molecule has 1 saturated heterocycles. The Balaban J connectivity index is 1.51. The molecular formula is C20H15N5O3S. The second-order valence-corrected chi connectivity index (χ2v) is 7.18. The van der Waals surface area contributed by atoms with Gasteiger partial charge in [0, 0.05) is 0 Å². The van der Waals surface area contributed by atoms with Crippen LogP contribution in [0.4, 0.5) is 5.69 Å². The molecule has 2 N–H and O–H groups in total. The normalized spacial score (nSPS) is 16.3. The van der Waals surface area contributed by atoms with Gasteiger partial charge in [0.1, 0.15) is 12.7 Å². The molecular weight excluding hydrogens is 390 g/mol. The number of nitrogens with zero attached hydrogens (tertiary/aromatic N) is 4. The summed E-state index contributed by atoms with van der Waals surface area (Å²) in [6, 6.07) is 14.5. The summed E-state index contributed by atoms with van der Waals surface area (Å²) in [6.07, 6.45) is 4.82. The van der Waals surface area contributed by atoms with Gasteiger partial charge in [0.2, 0.25) is 0 Å². The molecule has 1 aliphatic rings. The average Bonchev–Trinajstić information content (AvgIpc) is 3.34. The lowest BCUT2D eigenvalue weighted by Gasteiger charge is -2.02. The topological polar surface area (TPSA) is 109 Å². The summed E-state index contributed by atoms with van der Waals surface area (Å²) in [6.45, 7) is 0. The van der Waals surface area contributed by atoms with Gasteiger partial charge in [-0.25, -0.2) is 14.7 Å². The second-order valence-electron chi connectivity index (χ2n) is 6.15. The summed E-state index contributed by atoms with van der Waals surface area (Å²) >= 11 is 1.25. The van der Waals surface area contributed by atoms with Crippen LogP contribution in [-0.4, -0.2) is 36.9 Å². The van der Waals surface area contributed by atoms with E-state index in [0.29, 0.717) is 21.3 Å². The Kier molecular flexibility index (Phi) is 5.21. The molecule has 1 aliphatic heterocycles. The van der Waals surface area contributed by atoms with Crippen LogP contribution < -0.4 is 5.32 Å². The lowest BCUT2D eigenvalue weighted by molar-refractivity contribution is -0.136. The average molecular weight is 405 g/mol. The Morgan fingerprint density at radius 1 is 1.24 bits per heavy atom. The van der Waals surface area contributed by atoms with Crippen molar-refractivity contribution in [3.63, 3.8) is 0 Å². The van der Waals surface area contributed by atoms with Gasteiger partial charge >= 0.3 is 5.97 Å². The molecule has 1 amide bonds. The summed E-state index contributed by atoms with van der Waals surface area (Å²) in [5.74, 6) is -1.10. The highest BCUT2D eigenvalue weighted by molar-refractivity contribution is 8.18. The largest absolute Gasteiger partial charge is 0.481 e. The number of carboxylic acid groups (broad SMARTS) is 1. The van der Waals surface area contributed by atoms with Crippen LogP contribution in [0.3, 0.4) is 0 Å². The number of aromatic nitrogens is 3. The number of amides is 1. The fraction of sp³-hybridized carbons (Fsp3) is 0.0500. The monoisotopic (exact) mass is 405 g/mol. The Morgan fingerprint density at radius 2 is 2.07 bits per heavy atom. The molecule has 0 saturated carbocycles. The number of rotatable bonds is 5. The summed E-state index contributed by atoms with van der Waals surface area (Å²) in [5.41, 5.74) is 3.03. The highest BCUT2D eigenvalue weighted by Crippen LogP contribution is 2.28. The van der Waals surface area contributed by atoms with E-state index in [-0.39, 0.29) is 12.3 Å². The van der Waals surface area contributed by atoms with Crippen molar-refractivity contribution < 1.29 is 14.7 Å². The van der Waals surface area contributed by atoms with Gasteiger partial charge in [-0.2, -0.15) is 5.10 Å². The molecule has 0 bridgehead atoms. The van der Waals surface area contributed by atoms with Crippen LogP contribution in [0.2, 0.25) is 0 Å². The molecule has 8 nitrogen and oxygen atoms in total. The molecule has 1 aromatic heterocycles. The number of carboxylic acids is 1. The predicted molar refractivity (Wildman–Crippen MR) is 110 cm³/mol. The van der Waals surface area contributed by atoms with E-state index in [1.165, 1.54) is 18.1 Å². The van der Waals surface area contributed by atoms with Crippen molar-refractivity contribution in [2.75, 3.05) is 0 Å². The molecule has 2 heterocycles. The minimum absolute atomic E-state index is 0.0388. The predicted octanol–water partition coefficient (Wildman–Crippen LogP) is 2.79. The van der Waals surface area contributed by atoms with Crippen molar-refractivity contribution in [3.05, 3.63) is 77.2 Å². The maximum absolute atomic E-state index is 12.3. The van der Waals surface area contributed by atoms with Crippen LogP contribution >= 0.6 is 11.8 Å². The van der Waals surface area contributed by atoms with Crippen LogP contribution in [0.5, 0.6) is 0 Å². The van der Waals surface area contributed by atoms with E-state index in [4.69, 9.17) is 5.11 Å². The van der Waals surface area contributed by atoms with Gasteiger partial charge in [-0.1, -0.05) is 24.3 Å². The van der Waals surface area contributed by atoms with E-state index < -0.39 is 5.97 Å². The molecule has 3 aromatic rings. The number of hydrogen-bond donors (Lipinski definition) is 2. The minimum atomic E-state index is -0.884. The first-order valence-corrected chi connectivity index (χ1v) is 9.44. The zero-order chi connectivity index (χ0) is 20.2. The van der Waals surface area contributed by atoms with Crippen molar-refractivity contribution >= 4 is 40.6 Å². The van der Waals surface area contributed by atoms with Crippen molar-refractivity contribution in [2.45, 2.75) is 6.42 Å². The SMILES string of the molecule is O=C(O)Cc1ccc(N=C2NC(=O)/C(=C/c3cccc(-n4cncn4)c3)S2)cc1. The first-order chi connectivity index (χ1) is 14.1. The molecule has 0 unspecified atom stereocenters. The van der Waals surface area contributed by atoms with E-state index in [0.717, 1.165) is 11.3 Å². The van der Waals surface area contributed by atoms with Crippen LogP contribution in [-0.2, 0) is 16.0 Å². The summed E-state index contributed by atoms with van der Waals surface area (Å²) in [7, 11) is 0. The quantitative estimate of drug-likeness (QED) is 0.632. The standard InChI is InChI=1S/C20H15N5O3S/c26-18(27)10-13-4-6-15(7-5-13)23-20-24-19(28)17(29-20)9-14-2-1-3-16(8-14)25-12-21-11-22-25/h1-9,11-12H,10H2,(H,26,27)(H,23,24,28)/b17-9-. The van der Waals surface area contributed by atoms with Crippen molar-refractivity contribution in [2.24, 2.45) is 4.99 Å². The molecule has 29 heavy (non-hydrogen) atoms. The van der Waals surface area contributed by atoms with E-state index in [1.807, 2.05) is 24.3 Å². The van der Waals surface area contributed by atoms with E-state index >= 15 is 0 Å². The Morgan fingerprint density at radius 3 is 2.79 bits per heavy atom. The summed E-state index contributed by atoms with van der Waals surface area (Å²) in [4.78, 5) is 31.9. The number of amidine groups is 1. The fourth-order valence-electron chi connectivity index (χ4n) is 2.71. The first-order valence-electron chi connectivity index (χ1n) is 8.62.